The minimum absolute atomic E-state index is 0.795. The van der Waals surface area contributed by atoms with E-state index in [0.717, 1.165) is 22.3 Å². The summed E-state index contributed by atoms with van der Waals surface area (Å²) in [7, 11) is 0. The first-order chi connectivity index (χ1) is 11.7. The average Bonchev–Trinajstić information content (AvgIpc) is 3.19. The van der Waals surface area contributed by atoms with Crippen LogP contribution in [-0.2, 0) is 5.75 Å². The molecule has 0 bridgehead atoms. The summed E-state index contributed by atoms with van der Waals surface area (Å²) in [6.45, 7) is 4.25. The Morgan fingerprint density at radius 1 is 1.08 bits per heavy atom. The first kappa shape index (κ1) is 15.0. The van der Waals surface area contributed by atoms with E-state index >= 15 is 0 Å². The Kier molecular flexibility index (Phi) is 3.86. The third-order valence-electron chi connectivity index (χ3n) is 3.98. The molecule has 24 heavy (non-hydrogen) atoms. The van der Waals surface area contributed by atoms with Crippen molar-refractivity contribution in [3.63, 3.8) is 0 Å². The van der Waals surface area contributed by atoms with Crippen molar-refractivity contribution in [2.75, 3.05) is 0 Å². The van der Waals surface area contributed by atoms with Gasteiger partial charge in [0, 0.05) is 30.5 Å². The number of imidazole rings is 2. The molecule has 4 nitrogen and oxygen atoms in total. The Morgan fingerprint density at radius 2 is 2.00 bits per heavy atom. The third kappa shape index (κ3) is 2.83. The normalized spacial score (nSPS) is 11.2. The van der Waals surface area contributed by atoms with Crippen LogP contribution < -0.4 is 0 Å². The molecule has 0 aliphatic carbocycles. The van der Waals surface area contributed by atoms with Crippen molar-refractivity contribution in [2.24, 2.45) is 0 Å². The van der Waals surface area contributed by atoms with Gasteiger partial charge in [-0.3, -0.25) is 4.57 Å². The topological polar surface area (TPSA) is 35.1 Å². The van der Waals surface area contributed by atoms with E-state index < -0.39 is 0 Å². The second-order valence-electron chi connectivity index (χ2n) is 5.86. The number of aryl methyl sites for hydroxylation is 2. The molecule has 0 aliphatic heterocycles. The summed E-state index contributed by atoms with van der Waals surface area (Å²) in [6, 6.07) is 12.5. The van der Waals surface area contributed by atoms with Crippen molar-refractivity contribution in [3.05, 3.63) is 78.0 Å². The number of nitrogens with zero attached hydrogens (tertiary/aromatic N) is 4. The van der Waals surface area contributed by atoms with Gasteiger partial charge in [-0.15, -0.1) is 0 Å². The van der Waals surface area contributed by atoms with E-state index in [-0.39, 0.29) is 0 Å². The molecule has 3 aromatic heterocycles. The van der Waals surface area contributed by atoms with Crippen LogP contribution in [0.2, 0.25) is 0 Å². The number of benzene rings is 1. The van der Waals surface area contributed by atoms with Crippen LogP contribution in [-0.4, -0.2) is 18.9 Å². The summed E-state index contributed by atoms with van der Waals surface area (Å²) in [4.78, 5) is 9.17. The van der Waals surface area contributed by atoms with Gasteiger partial charge in [-0.1, -0.05) is 35.5 Å². The number of fused-ring (bicyclic) bond motifs is 1. The van der Waals surface area contributed by atoms with Crippen molar-refractivity contribution >= 4 is 17.4 Å². The van der Waals surface area contributed by atoms with Crippen molar-refractivity contribution in [3.8, 4) is 5.69 Å². The van der Waals surface area contributed by atoms with Crippen LogP contribution in [0, 0.1) is 13.8 Å². The highest BCUT2D eigenvalue weighted by atomic mass is 32.2. The summed E-state index contributed by atoms with van der Waals surface area (Å²) in [5.41, 5.74) is 5.74. The fourth-order valence-electron chi connectivity index (χ4n) is 2.85. The molecule has 0 atom stereocenters. The predicted molar refractivity (Wildman–Crippen MR) is 97.8 cm³/mol. The van der Waals surface area contributed by atoms with Crippen molar-refractivity contribution in [2.45, 2.75) is 24.8 Å². The molecular weight excluding hydrogens is 316 g/mol. The molecule has 0 N–H and O–H groups in total. The first-order valence-electron chi connectivity index (χ1n) is 7.87. The number of hydrogen-bond donors (Lipinski definition) is 0. The van der Waals surface area contributed by atoms with Gasteiger partial charge < -0.3 is 4.40 Å². The third-order valence-corrected chi connectivity index (χ3v) is 4.98. The Morgan fingerprint density at radius 3 is 2.83 bits per heavy atom. The smallest absolute Gasteiger partial charge is 0.172 e. The highest BCUT2D eigenvalue weighted by Crippen LogP contribution is 2.26. The molecule has 0 spiro atoms. The summed E-state index contributed by atoms with van der Waals surface area (Å²) in [5.74, 6) is 0.795. The van der Waals surface area contributed by atoms with Crippen molar-refractivity contribution in [1.29, 1.82) is 0 Å². The Bertz CT molecular complexity index is 966. The summed E-state index contributed by atoms with van der Waals surface area (Å²) in [5, 5.41) is 0.985. The zero-order valence-electron chi connectivity index (χ0n) is 13.7. The molecule has 0 amide bonds. The van der Waals surface area contributed by atoms with Gasteiger partial charge in [0.25, 0.3) is 0 Å². The van der Waals surface area contributed by atoms with E-state index in [1.807, 2.05) is 41.2 Å². The van der Waals surface area contributed by atoms with Gasteiger partial charge >= 0.3 is 0 Å². The van der Waals surface area contributed by atoms with Crippen LogP contribution in [0.1, 0.15) is 16.8 Å². The van der Waals surface area contributed by atoms with Gasteiger partial charge in [0.2, 0.25) is 0 Å². The molecule has 120 valence electrons. The van der Waals surface area contributed by atoms with E-state index in [4.69, 9.17) is 0 Å². The van der Waals surface area contributed by atoms with Crippen LogP contribution in [0.4, 0.5) is 0 Å². The van der Waals surface area contributed by atoms with Gasteiger partial charge in [-0.25, -0.2) is 9.97 Å². The quantitative estimate of drug-likeness (QED) is 0.518. The van der Waals surface area contributed by atoms with Crippen molar-refractivity contribution in [1.82, 2.24) is 18.9 Å². The number of hydrogen-bond acceptors (Lipinski definition) is 3. The zero-order valence-corrected chi connectivity index (χ0v) is 14.5. The first-order valence-corrected chi connectivity index (χ1v) is 8.86. The van der Waals surface area contributed by atoms with E-state index in [1.165, 1.54) is 16.8 Å². The molecule has 5 heteroatoms. The van der Waals surface area contributed by atoms with Crippen LogP contribution >= 0.6 is 11.8 Å². The Balaban J connectivity index is 1.58. The van der Waals surface area contributed by atoms with E-state index in [2.05, 4.69) is 52.8 Å². The number of pyridine rings is 1. The largest absolute Gasteiger partial charge is 0.307 e. The molecule has 0 saturated heterocycles. The van der Waals surface area contributed by atoms with E-state index in [1.54, 1.807) is 11.8 Å². The van der Waals surface area contributed by atoms with Crippen LogP contribution in [0.5, 0.6) is 0 Å². The lowest BCUT2D eigenvalue weighted by Crippen LogP contribution is -1.98. The van der Waals surface area contributed by atoms with Crippen LogP contribution in [0.15, 0.2) is 66.3 Å². The molecular formula is C19H18N4S. The fraction of sp³-hybridized carbons (Fsp3) is 0.158. The second-order valence-corrected chi connectivity index (χ2v) is 6.80. The second kappa shape index (κ2) is 6.17. The van der Waals surface area contributed by atoms with E-state index in [0.29, 0.717) is 0 Å². The van der Waals surface area contributed by atoms with Gasteiger partial charge in [-0.05, 0) is 37.6 Å². The molecule has 3 heterocycles. The standard InChI is InChI=1S/C19H18N4S/c1-14-6-7-17(15(2)11-14)23-10-8-20-19(23)24-13-16-12-22-9-4-3-5-18(22)21-16/h3-12H,13H2,1-2H3. The lowest BCUT2D eigenvalue weighted by molar-refractivity contribution is 0.886. The average molecular weight is 334 g/mol. The lowest BCUT2D eigenvalue weighted by Gasteiger charge is -2.10. The molecule has 4 aromatic rings. The predicted octanol–water partition coefficient (Wildman–Crippen LogP) is 4.43. The SMILES string of the molecule is Cc1ccc(-n2ccnc2SCc2cn3ccccc3n2)c(C)c1. The molecule has 0 aliphatic rings. The zero-order chi connectivity index (χ0) is 16.5. The maximum atomic E-state index is 4.65. The van der Waals surface area contributed by atoms with Crippen molar-refractivity contribution < 1.29 is 0 Å². The summed E-state index contributed by atoms with van der Waals surface area (Å²) < 4.78 is 4.20. The molecule has 0 saturated carbocycles. The molecule has 1 aromatic carbocycles. The van der Waals surface area contributed by atoms with Gasteiger partial charge in [0.15, 0.2) is 5.16 Å². The van der Waals surface area contributed by atoms with Crippen LogP contribution in [0.3, 0.4) is 0 Å². The van der Waals surface area contributed by atoms with Crippen LogP contribution in [0.25, 0.3) is 11.3 Å². The van der Waals surface area contributed by atoms with Gasteiger partial charge in [0.1, 0.15) is 5.65 Å². The van der Waals surface area contributed by atoms with Gasteiger partial charge in [-0.2, -0.15) is 0 Å². The number of thioether (sulfide) groups is 1. The molecule has 0 fully saturated rings. The molecule has 4 rings (SSSR count). The maximum Gasteiger partial charge on any atom is 0.172 e. The van der Waals surface area contributed by atoms with Gasteiger partial charge in [0.05, 0.1) is 11.4 Å². The minimum Gasteiger partial charge on any atom is -0.307 e. The maximum absolute atomic E-state index is 4.65. The molecule has 0 unspecified atom stereocenters. The number of rotatable bonds is 4. The Labute approximate surface area is 145 Å². The summed E-state index contributed by atoms with van der Waals surface area (Å²) in [6.07, 6.45) is 7.97. The fourth-order valence-corrected chi connectivity index (χ4v) is 3.70. The monoisotopic (exact) mass is 334 g/mol. The highest BCUT2D eigenvalue weighted by Gasteiger charge is 2.10. The summed E-state index contributed by atoms with van der Waals surface area (Å²) >= 11 is 1.71. The minimum atomic E-state index is 0.795. The highest BCUT2D eigenvalue weighted by molar-refractivity contribution is 7.98. The lowest BCUT2D eigenvalue weighted by atomic mass is 10.1. The number of aromatic nitrogens is 4. The van der Waals surface area contributed by atoms with E-state index in [9.17, 15) is 0 Å². The molecule has 0 radical (unpaired) electrons. The Hall–Kier alpha value is -2.53.